The van der Waals surface area contributed by atoms with Crippen LogP contribution in [0.1, 0.15) is 15.9 Å². The minimum absolute atomic E-state index is 0.0922. The van der Waals surface area contributed by atoms with Gasteiger partial charge in [-0.3, -0.25) is 14.9 Å². The standard InChI is InChI=1S/C14H12N2O4/c1-9-2-5-11(16(19)20)8-13(9)14(18)15-10-3-6-12(17)7-4-10/h2-8,17H,1H3,(H,15,18). The highest BCUT2D eigenvalue weighted by Gasteiger charge is 2.14. The summed E-state index contributed by atoms with van der Waals surface area (Å²) < 4.78 is 0. The first-order valence-corrected chi connectivity index (χ1v) is 5.83. The van der Waals surface area contributed by atoms with Crippen LogP contribution in [0.2, 0.25) is 0 Å². The highest BCUT2D eigenvalue weighted by Crippen LogP contribution is 2.20. The molecule has 2 N–H and O–H groups in total. The van der Waals surface area contributed by atoms with E-state index in [1.54, 1.807) is 19.1 Å². The average molecular weight is 272 g/mol. The summed E-state index contributed by atoms with van der Waals surface area (Å²) in [4.78, 5) is 22.3. The van der Waals surface area contributed by atoms with Crippen molar-refractivity contribution in [3.05, 3.63) is 63.7 Å². The molecule has 0 aliphatic carbocycles. The van der Waals surface area contributed by atoms with E-state index >= 15 is 0 Å². The number of nitro groups is 1. The first-order valence-electron chi connectivity index (χ1n) is 5.83. The van der Waals surface area contributed by atoms with Gasteiger partial charge in [0.1, 0.15) is 5.75 Å². The number of carbonyl (C=O) groups excluding carboxylic acids is 1. The SMILES string of the molecule is Cc1ccc([N+](=O)[O-])cc1C(=O)Nc1ccc(O)cc1. The van der Waals surface area contributed by atoms with E-state index in [0.29, 0.717) is 11.3 Å². The van der Waals surface area contributed by atoms with Crippen LogP contribution >= 0.6 is 0 Å². The fraction of sp³-hybridized carbons (Fsp3) is 0.0714. The summed E-state index contributed by atoms with van der Waals surface area (Å²) in [5.41, 5.74) is 1.25. The Bertz CT molecular complexity index is 665. The van der Waals surface area contributed by atoms with Gasteiger partial charge in [0.25, 0.3) is 11.6 Å². The average Bonchev–Trinajstić information content (AvgIpc) is 2.41. The summed E-state index contributed by atoms with van der Waals surface area (Å²) in [6, 6.07) is 10.1. The fourth-order valence-electron chi connectivity index (χ4n) is 1.71. The highest BCUT2D eigenvalue weighted by molar-refractivity contribution is 6.05. The van der Waals surface area contributed by atoms with E-state index in [4.69, 9.17) is 5.11 Å². The maximum atomic E-state index is 12.1. The summed E-state index contributed by atoms with van der Waals surface area (Å²) >= 11 is 0. The molecule has 2 aromatic rings. The molecule has 0 heterocycles. The van der Waals surface area contributed by atoms with Crippen molar-refractivity contribution in [2.24, 2.45) is 0 Å². The summed E-state index contributed by atoms with van der Waals surface area (Å²) in [6.07, 6.45) is 0. The van der Waals surface area contributed by atoms with Crippen molar-refractivity contribution in [2.45, 2.75) is 6.92 Å². The molecule has 0 bridgehead atoms. The van der Waals surface area contributed by atoms with Gasteiger partial charge in [-0.1, -0.05) is 6.07 Å². The van der Waals surface area contributed by atoms with Crippen LogP contribution in [-0.2, 0) is 0 Å². The van der Waals surface area contributed by atoms with Crippen LogP contribution in [-0.4, -0.2) is 15.9 Å². The van der Waals surface area contributed by atoms with Gasteiger partial charge in [-0.25, -0.2) is 0 Å². The van der Waals surface area contributed by atoms with E-state index in [9.17, 15) is 14.9 Å². The smallest absolute Gasteiger partial charge is 0.270 e. The number of amides is 1. The normalized spacial score (nSPS) is 10.1. The molecule has 0 atom stereocenters. The zero-order valence-electron chi connectivity index (χ0n) is 10.7. The number of nitro benzene ring substituents is 1. The van der Waals surface area contributed by atoms with Gasteiger partial charge in [0.15, 0.2) is 0 Å². The Hall–Kier alpha value is -2.89. The largest absolute Gasteiger partial charge is 0.508 e. The van der Waals surface area contributed by atoms with Crippen molar-refractivity contribution in [2.75, 3.05) is 5.32 Å². The third-order valence-corrected chi connectivity index (χ3v) is 2.80. The molecule has 2 rings (SSSR count). The first kappa shape index (κ1) is 13.5. The van der Waals surface area contributed by atoms with Crippen molar-refractivity contribution in [1.82, 2.24) is 0 Å². The maximum absolute atomic E-state index is 12.1. The lowest BCUT2D eigenvalue weighted by Crippen LogP contribution is -2.13. The minimum atomic E-state index is -0.545. The van der Waals surface area contributed by atoms with E-state index in [-0.39, 0.29) is 17.0 Å². The molecule has 1 amide bonds. The molecule has 0 fully saturated rings. The number of carbonyl (C=O) groups is 1. The number of nitrogens with one attached hydrogen (secondary N) is 1. The molecule has 0 saturated heterocycles. The van der Waals surface area contributed by atoms with Gasteiger partial charge in [0.05, 0.1) is 4.92 Å². The zero-order chi connectivity index (χ0) is 14.7. The van der Waals surface area contributed by atoms with Crippen LogP contribution in [0.15, 0.2) is 42.5 Å². The summed E-state index contributed by atoms with van der Waals surface area (Å²) in [6.45, 7) is 1.70. The van der Waals surface area contributed by atoms with Gasteiger partial charge in [-0.15, -0.1) is 0 Å². The predicted molar refractivity (Wildman–Crippen MR) is 73.9 cm³/mol. The summed E-state index contributed by atoms with van der Waals surface area (Å²) in [5.74, 6) is -0.341. The lowest BCUT2D eigenvalue weighted by molar-refractivity contribution is -0.384. The van der Waals surface area contributed by atoms with E-state index in [1.165, 1.54) is 30.3 Å². The molecular formula is C14H12N2O4. The Morgan fingerprint density at radius 1 is 1.20 bits per heavy atom. The summed E-state index contributed by atoms with van der Waals surface area (Å²) in [7, 11) is 0. The number of hydrogen-bond acceptors (Lipinski definition) is 4. The maximum Gasteiger partial charge on any atom is 0.270 e. The number of aromatic hydroxyl groups is 1. The Morgan fingerprint density at radius 3 is 2.45 bits per heavy atom. The Kier molecular flexibility index (Phi) is 3.65. The van der Waals surface area contributed by atoms with E-state index in [0.717, 1.165) is 0 Å². The Morgan fingerprint density at radius 2 is 1.85 bits per heavy atom. The number of hydrogen-bond donors (Lipinski definition) is 2. The first-order chi connectivity index (χ1) is 9.47. The topological polar surface area (TPSA) is 92.5 Å². The molecular weight excluding hydrogens is 260 g/mol. The quantitative estimate of drug-likeness (QED) is 0.510. The molecule has 0 aliphatic rings. The number of non-ortho nitro benzene ring substituents is 1. The molecule has 0 aliphatic heterocycles. The lowest BCUT2D eigenvalue weighted by atomic mass is 10.1. The minimum Gasteiger partial charge on any atom is -0.508 e. The van der Waals surface area contributed by atoms with Gasteiger partial charge >= 0.3 is 0 Å². The number of nitrogens with zero attached hydrogens (tertiary/aromatic N) is 1. The second-order valence-corrected chi connectivity index (χ2v) is 4.26. The third-order valence-electron chi connectivity index (χ3n) is 2.80. The molecule has 0 saturated carbocycles. The van der Waals surface area contributed by atoms with E-state index < -0.39 is 10.8 Å². The molecule has 6 heteroatoms. The monoisotopic (exact) mass is 272 g/mol. The molecule has 0 radical (unpaired) electrons. The number of aryl methyl sites for hydroxylation is 1. The number of phenolic OH excluding ortho intramolecular Hbond substituents is 1. The van der Waals surface area contributed by atoms with E-state index in [1.807, 2.05) is 0 Å². The second-order valence-electron chi connectivity index (χ2n) is 4.26. The molecule has 20 heavy (non-hydrogen) atoms. The molecule has 0 aromatic heterocycles. The number of rotatable bonds is 3. The Labute approximate surface area is 114 Å². The van der Waals surface area contributed by atoms with Crippen LogP contribution < -0.4 is 5.32 Å². The number of phenols is 1. The molecule has 0 spiro atoms. The van der Waals surface area contributed by atoms with E-state index in [2.05, 4.69) is 5.32 Å². The lowest BCUT2D eigenvalue weighted by Gasteiger charge is -2.07. The molecule has 0 unspecified atom stereocenters. The van der Waals surface area contributed by atoms with Gasteiger partial charge in [0.2, 0.25) is 0 Å². The van der Waals surface area contributed by atoms with Crippen LogP contribution in [0.5, 0.6) is 5.75 Å². The van der Waals surface area contributed by atoms with Gasteiger partial charge in [0, 0.05) is 23.4 Å². The van der Waals surface area contributed by atoms with Crippen LogP contribution in [0, 0.1) is 17.0 Å². The van der Waals surface area contributed by atoms with Gasteiger partial charge in [-0.05, 0) is 36.8 Å². The van der Waals surface area contributed by atoms with Crippen LogP contribution in [0.25, 0.3) is 0 Å². The van der Waals surface area contributed by atoms with Crippen molar-refractivity contribution >= 4 is 17.3 Å². The number of anilines is 1. The van der Waals surface area contributed by atoms with Crippen molar-refractivity contribution in [1.29, 1.82) is 0 Å². The Balaban J connectivity index is 2.26. The molecule has 2 aromatic carbocycles. The second kappa shape index (κ2) is 5.40. The highest BCUT2D eigenvalue weighted by atomic mass is 16.6. The fourth-order valence-corrected chi connectivity index (χ4v) is 1.71. The van der Waals surface area contributed by atoms with Crippen molar-refractivity contribution in [3.63, 3.8) is 0 Å². The predicted octanol–water partition coefficient (Wildman–Crippen LogP) is 2.86. The summed E-state index contributed by atoms with van der Waals surface area (Å²) in [5, 5.41) is 22.5. The van der Waals surface area contributed by atoms with Gasteiger partial charge < -0.3 is 10.4 Å². The number of benzene rings is 2. The van der Waals surface area contributed by atoms with Crippen LogP contribution in [0.4, 0.5) is 11.4 Å². The van der Waals surface area contributed by atoms with Gasteiger partial charge in [-0.2, -0.15) is 0 Å². The molecule has 102 valence electrons. The van der Waals surface area contributed by atoms with Crippen molar-refractivity contribution < 1.29 is 14.8 Å². The molecule has 6 nitrogen and oxygen atoms in total. The van der Waals surface area contributed by atoms with Crippen molar-refractivity contribution in [3.8, 4) is 5.75 Å². The zero-order valence-corrected chi connectivity index (χ0v) is 10.7. The van der Waals surface area contributed by atoms with Crippen LogP contribution in [0.3, 0.4) is 0 Å². The third kappa shape index (κ3) is 2.92.